The highest BCUT2D eigenvalue weighted by Crippen LogP contribution is 2.22. The van der Waals surface area contributed by atoms with E-state index < -0.39 is 0 Å². The molecule has 0 unspecified atom stereocenters. The Balaban J connectivity index is 2.93. The predicted octanol–water partition coefficient (Wildman–Crippen LogP) is 2.39. The number of nitrogens with one attached hydrogen (secondary N) is 1. The minimum absolute atomic E-state index is 0.190. The summed E-state index contributed by atoms with van der Waals surface area (Å²) < 4.78 is 5.83. The lowest BCUT2D eigenvalue weighted by Crippen LogP contribution is -2.27. The maximum atomic E-state index is 5.83. The van der Waals surface area contributed by atoms with Crippen LogP contribution in [0.15, 0.2) is 6.20 Å². The first-order valence-corrected chi connectivity index (χ1v) is 5.19. The SMILES string of the molecule is CCC(C)(C)Oc1nc(NC)ncc1C. The van der Waals surface area contributed by atoms with Crippen LogP contribution in [-0.4, -0.2) is 22.6 Å². The first-order chi connectivity index (χ1) is 6.98. The maximum absolute atomic E-state index is 5.83. The normalized spacial score (nSPS) is 11.3. The summed E-state index contributed by atoms with van der Waals surface area (Å²) in [5.41, 5.74) is 0.764. The van der Waals surface area contributed by atoms with E-state index in [2.05, 4.69) is 22.2 Å². The van der Waals surface area contributed by atoms with Gasteiger partial charge in [-0.2, -0.15) is 4.98 Å². The standard InChI is InChI=1S/C11H19N3O/c1-6-11(3,4)15-9-8(2)7-13-10(12-5)14-9/h7H,6H2,1-5H3,(H,12,13,14). The first-order valence-electron chi connectivity index (χ1n) is 5.19. The smallest absolute Gasteiger partial charge is 0.225 e. The van der Waals surface area contributed by atoms with Crippen molar-refractivity contribution < 1.29 is 4.74 Å². The largest absolute Gasteiger partial charge is 0.471 e. The van der Waals surface area contributed by atoms with Crippen LogP contribution in [-0.2, 0) is 0 Å². The molecule has 1 heterocycles. The lowest BCUT2D eigenvalue weighted by atomic mass is 10.1. The summed E-state index contributed by atoms with van der Waals surface area (Å²) in [6, 6.07) is 0. The zero-order valence-corrected chi connectivity index (χ0v) is 10.1. The molecule has 0 spiro atoms. The fourth-order valence-electron chi connectivity index (χ4n) is 0.984. The van der Waals surface area contributed by atoms with Crippen LogP contribution in [0.25, 0.3) is 0 Å². The van der Waals surface area contributed by atoms with Gasteiger partial charge in [0.1, 0.15) is 5.60 Å². The fraction of sp³-hybridized carbons (Fsp3) is 0.636. The number of ether oxygens (including phenoxy) is 1. The van der Waals surface area contributed by atoms with Gasteiger partial charge >= 0.3 is 0 Å². The van der Waals surface area contributed by atoms with Gasteiger partial charge in [-0.15, -0.1) is 0 Å². The number of aromatic nitrogens is 2. The second kappa shape index (κ2) is 4.47. The molecule has 0 aromatic carbocycles. The van der Waals surface area contributed by atoms with Gasteiger partial charge in [-0.3, -0.25) is 0 Å². The van der Waals surface area contributed by atoms with E-state index in [4.69, 9.17) is 4.74 Å². The molecule has 84 valence electrons. The molecule has 0 aliphatic rings. The van der Waals surface area contributed by atoms with Crippen LogP contribution in [0, 0.1) is 6.92 Å². The quantitative estimate of drug-likeness (QED) is 0.827. The number of hydrogen-bond acceptors (Lipinski definition) is 4. The molecule has 1 aromatic rings. The number of hydrogen-bond donors (Lipinski definition) is 1. The minimum atomic E-state index is -0.190. The molecule has 1 N–H and O–H groups in total. The van der Waals surface area contributed by atoms with E-state index >= 15 is 0 Å². The van der Waals surface area contributed by atoms with Crippen molar-refractivity contribution in [3.8, 4) is 5.88 Å². The Morgan fingerprint density at radius 3 is 2.67 bits per heavy atom. The molecule has 0 bridgehead atoms. The van der Waals surface area contributed by atoms with E-state index in [1.807, 2.05) is 20.8 Å². The fourth-order valence-corrected chi connectivity index (χ4v) is 0.984. The van der Waals surface area contributed by atoms with Crippen LogP contribution < -0.4 is 10.1 Å². The zero-order valence-electron chi connectivity index (χ0n) is 10.1. The first kappa shape index (κ1) is 11.8. The third kappa shape index (κ3) is 3.08. The Bertz CT molecular complexity index is 337. The third-order valence-corrected chi connectivity index (χ3v) is 2.37. The van der Waals surface area contributed by atoms with E-state index in [0.717, 1.165) is 12.0 Å². The van der Waals surface area contributed by atoms with Crippen LogP contribution >= 0.6 is 0 Å². The van der Waals surface area contributed by atoms with Gasteiger partial charge in [-0.25, -0.2) is 4.98 Å². The molecule has 0 fully saturated rings. The molecular weight excluding hydrogens is 190 g/mol. The van der Waals surface area contributed by atoms with Crippen molar-refractivity contribution in [3.05, 3.63) is 11.8 Å². The van der Waals surface area contributed by atoms with Gasteiger partial charge in [-0.05, 0) is 27.2 Å². The molecule has 15 heavy (non-hydrogen) atoms. The lowest BCUT2D eigenvalue weighted by molar-refractivity contribution is 0.0980. The monoisotopic (exact) mass is 209 g/mol. The number of anilines is 1. The molecule has 1 aromatic heterocycles. The zero-order chi connectivity index (χ0) is 11.5. The van der Waals surface area contributed by atoms with Crippen molar-refractivity contribution in [1.82, 2.24) is 9.97 Å². The molecule has 4 nitrogen and oxygen atoms in total. The Morgan fingerprint density at radius 2 is 2.13 bits per heavy atom. The van der Waals surface area contributed by atoms with Gasteiger partial charge < -0.3 is 10.1 Å². The van der Waals surface area contributed by atoms with E-state index in [9.17, 15) is 0 Å². The van der Waals surface area contributed by atoms with E-state index in [-0.39, 0.29) is 5.60 Å². The molecule has 0 amide bonds. The summed E-state index contributed by atoms with van der Waals surface area (Å²) in [6.45, 7) is 8.14. The number of nitrogens with zero attached hydrogens (tertiary/aromatic N) is 2. The van der Waals surface area contributed by atoms with Crippen LogP contribution in [0.1, 0.15) is 32.8 Å². The molecular formula is C11H19N3O. The second-order valence-corrected chi connectivity index (χ2v) is 4.15. The lowest BCUT2D eigenvalue weighted by Gasteiger charge is -2.24. The molecule has 4 heteroatoms. The molecule has 0 saturated heterocycles. The van der Waals surface area contributed by atoms with Crippen LogP contribution in [0.4, 0.5) is 5.95 Å². The molecule has 0 radical (unpaired) electrons. The van der Waals surface area contributed by atoms with Crippen LogP contribution in [0.2, 0.25) is 0 Å². The van der Waals surface area contributed by atoms with E-state index in [1.165, 1.54) is 0 Å². The summed E-state index contributed by atoms with van der Waals surface area (Å²) in [5.74, 6) is 1.24. The Hall–Kier alpha value is -1.32. The number of aryl methyl sites for hydroxylation is 1. The summed E-state index contributed by atoms with van der Waals surface area (Å²) in [6.07, 6.45) is 2.70. The van der Waals surface area contributed by atoms with Crippen LogP contribution in [0.3, 0.4) is 0 Å². The maximum Gasteiger partial charge on any atom is 0.225 e. The predicted molar refractivity (Wildman–Crippen MR) is 61.3 cm³/mol. The summed E-state index contributed by atoms with van der Waals surface area (Å²) in [4.78, 5) is 8.39. The van der Waals surface area contributed by atoms with Gasteiger partial charge in [0.05, 0.1) is 0 Å². The van der Waals surface area contributed by atoms with Crippen LogP contribution in [0.5, 0.6) is 5.88 Å². The van der Waals surface area contributed by atoms with Gasteiger partial charge in [-0.1, -0.05) is 6.92 Å². The minimum Gasteiger partial charge on any atom is -0.471 e. The van der Waals surface area contributed by atoms with Crippen molar-refractivity contribution in [3.63, 3.8) is 0 Å². The molecule has 0 atom stereocenters. The summed E-state index contributed by atoms with van der Waals surface area (Å²) >= 11 is 0. The van der Waals surface area contributed by atoms with Crippen molar-refractivity contribution >= 4 is 5.95 Å². The van der Waals surface area contributed by atoms with Gasteiger partial charge in [0, 0.05) is 18.8 Å². The third-order valence-electron chi connectivity index (χ3n) is 2.37. The van der Waals surface area contributed by atoms with Gasteiger partial charge in [0.15, 0.2) is 0 Å². The molecule has 1 rings (SSSR count). The number of rotatable bonds is 4. The Kier molecular flexibility index (Phi) is 3.50. The average molecular weight is 209 g/mol. The van der Waals surface area contributed by atoms with Crippen molar-refractivity contribution in [2.24, 2.45) is 0 Å². The summed E-state index contributed by atoms with van der Waals surface area (Å²) in [5, 5.41) is 2.90. The van der Waals surface area contributed by atoms with Gasteiger partial charge in [0.25, 0.3) is 0 Å². The van der Waals surface area contributed by atoms with Crippen molar-refractivity contribution in [1.29, 1.82) is 0 Å². The molecule has 0 aliphatic heterocycles. The topological polar surface area (TPSA) is 47.0 Å². The second-order valence-electron chi connectivity index (χ2n) is 4.15. The highest BCUT2D eigenvalue weighted by molar-refractivity contribution is 5.32. The van der Waals surface area contributed by atoms with Crippen molar-refractivity contribution in [2.45, 2.75) is 39.7 Å². The molecule has 0 aliphatic carbocycles. The molecule has 0 saturated carbocycles. The Labute approximate surface area is 91.1 Å². The van der Waals surface area contributed by atoms with E-state index in [0.29, 0.717) is 11.8 Å². The summed E-state index contributed by atoms with van der Waals surface area (Å²) in [7, 11) is 1.79. The Morgan fingerprint density at radius 1 is 1.47 bits per heavy atom. The highest BCUT2D eigenvalue weighted by atomic mass is 16.5. The van der Waals surface area contributed by atoms with E-state index in [1.54, 1.807) is 13.2 Å². The highest BCUT2D eigenvalue weighted by Gasteiger charge is 2.19. The van der Waals surface area contributed by atoms with Crippen molar-refractivity contribution in [2.75, 3.05) is 12.4 Å². The average Bonchev–Trinajstić information content (AvgIpc) is 2.21. The van der Waals surface area contributed by atoms with Gasteiger partial charge in [0.2, 0.25) is 11.8 Å².